The molecule has 0 bridgehead atoms. The van der Waals surface area contributed by atoms with Crippen molar-refractivity contribution in [2.75, 3.05) is 38.8 Å². The summed E-state index contributed by atoms with van der Waals surface area (Å²) >= 11 is 6.17. The molecule has 0 aromatic heterocycles. The van der Waals surface area contributed by atoms with Crippen molar-refractivity contribution in [3.05, 3.63) is 82.4 Å². The van der Waals surface area contributed by atoms with Gasteiger partial charge in [-0.15, -0.1) is 0 Å². The second-order valence-corrected chi connectivity index (χ2v) is 9.54. The highest BCUT2D eigenvalue weighted by molar-refractivity contribution is 7.92. The number of halogens is 3. The number of hydrogen-bond acceptors (Lipinski definition) is 5. The lowest BCUT2D eigenvalue weighted by atomic mass is 10.0. The van der Waals surface area contributed by atoms with Gasteiger partial charge >= 0.3 is 0 Å². The molecule has 0 aliphatic heterocycles. The summed E-state index contributed by atoms with van der Waals surface area (Å²) in [7, 11) is 0.142. The maximum atomic E-state index is 14.4. The van der Waals surface area contributed by atoms with Crippen molar-refractivity contribution in [1.82, 2.24) is 0 Å². The van der Waals surface area contributed by atoms with E-state index in [2.05, 4.69) is 0 Å². The zero-order valence-electron chi connectivity index (χ0n) is 18.8. The number of benzene rings is 3. The minimum Gasteiger partial charge on any atom is -0.493 e. The maximum absolute atomic E-state index is 14.4. The molecule has 0 radical (unpaired) electrons. The van der Waals surface area contributed by atoms with Gasteiger partial charge in [-0.3, -0.25) is 4.31 Å². The minimum absolute atomic E-state index is 0.0540. The normalized spacial score (nSPS) is 11.4. The lowest BCUT2D eigenvalue weighted by Gasteiger charge is -2.27. The molecule has 0 saturated heterocycles. The van der Waals surface area contributed by atoms with Crippen molar-refractivity contribution in [1.29, 1.82) is 0 Å². The number of rotatable bonds is 10. The number of ether oxygens (including phenoxy) is 3. The van der Waals surface area contributed by atoms with Gasteiger partial charge in [0.05, 0.1) is 38.0 Å². The minimum atomic E-state index is -4.14. The Labute approximate surface area is 202 Å². The first-order valence-corrected chi connectivity index (χ1v) is 12.0. The van der Waals surface area contributed by atoms with Crippen LogP contribution in [0.5, 0.6) is 11.5 Å². The predicted octanol–water partition coefficient (Wildman–Crippen LogP) is 5.07. The maximum Gasteiger partial charge on any atom is 0.264 e. The lowest BCUT2D eigenvalue weighted by Crippen LogP contribution is -2.34. The molecule has 0 unspecified atom stereocenters. The van der Waals surface area contributed by atoms with Crippen molar-refractivity contribution in [3.63, 3.8) is 0 Å². The summed E-state index contributed by atoms with van der Waals surface area (Å²) in [6.45, 7) is 0.0181. The average molecular weight is 512 g/mol. The summed E-state index contributed by atoms with van der Waals surface area (Å²) in [6, 6.07) is 12.3. The van der Waals surface area contributed by atoms with Crippen LogP contribution >= 0.6 is 11.6 Å². The first kappa shape index (κ1) is 25.7. The Morgan fingerprint density at radius 3 is 2.21 bits per heavy atom. The van der Waals surface area contributed by atoms with E-state index in [-0.39, 0.29) is 41.5 Å². The quantitative estimate of drug-likeness (QED) is 0.380. The topological polar surface area (TPSA) is 65.1 Å². The van der Waals surface area contributed by atoms with E-state index >= 15 is 0 Å². The lowest BCUT2D eigenvalue weighted by molar-refractivity contribution is 0.208. The van der Waals surface area contributed by atoms with Crippen LogP contribution in [0.15, 0.2) is 59.5 Å². The van der Waals surface area contributed by atoms with Crippen LogP contribution in [0.25, 0.3) is 0 Å². The molecule has 182 valence electrons. The SMILES string of the molecule is COCCN(c1ccc(Cl)cc1Cc1c(F)cccc1F)S(=O)(=O)c1ccc(OC)c(OC)c1. The second-order valence-electron chi connectivity index (χ2n) is 7.24. The number of hydrogen-bond donors (Lipinski definition) is 0. The molecule has 3 aromatic rings. The Bertz CT molecular complexity index is 1250. The van der Waals surface area contributed by atoms with E-state index in [1.54, 1.807) is 0 Å². The summed E-state index contributed by atoms with van der Waals surface area (Å²) in [5, 5.41) is 0.297. The zero-order chi connectivity index (χ0) is 24.9. The molecular weight excluding hydrogens is 488 g/mol. The average Bonchev–Trinajstić information content (AvgIpc) is 2.82. The van der Waals surface area contributed by atoms with Gasteiger partial charge in [-0.2, -0.15) is 0 Å². The van der Waals surface area contributed by atoms with Crippen LogP contribution in [-0.2, 0) is 21.2 Å². The Hall–Kier alpha value is -2.88. The molecule has 3 aromatic carbocycles. The van der Waals surface area contributed by atoms with Gasteiger partial charge in [0.25, 0.3) is 10.0 Å². The number of methoxy groups -OCH3 is 3. The van der Waals surface area contributed by atoms with Gasteiger partial charge in [-0.1, -0.05) is 17.7 Å². The summed E-state index contributed by atoms with van der Waals surface area (Å²) in [4.78, 5) is -0.0563. The van der Waals surface area contributed by atoms with E-state index in [1.807, 2.05) is 0 Å². The molecule has 0 spiro atoms. The zero-order valence-corrected chi connectivity index (χ0v) is 20.4. The van der Waals surface area contributed by atoms with Crippen molar-refractivity contribution >= 4 is 27.3 Å². The summed E-state index contributed by atoms with van der Waals surface area (Å²) in [5.74, 6) is -0.874. The molecule has 0 saturated carbocycles. The highest BCUT2D eigenvalue weighted by Crippen LogP contribution is 2.35. The molecule has 3 rings (SSSR count). The monoisotopic (exact) mass is 511 g/mol. The van der Waals surface area contributed by atoms with Gasteiger partial charge in [0.1, 0.15) is 11.6 Å². The molecule has 0 N–H and O–H groups in total. The standard InChI is InChI=1S/C24H24ClF2NO5S/c1-31-12-11-28(34(29,30)18-8-10-23(32-2)24(15-18)33-3)22-9-7-17(25)13-16(22)14-19-20(26)5-4-6-21(19)27/h4-10,13,15H,11-12,14H2,1-3H3. The molecule has 0 fully saturated rings. The Kier molecular flexibility index (Phi) is 8.35. The first-order chi connectivity index (χ1) is 16.2. The smallest absolute Gasteiger partial charge is 0.264 e. The molecule has 10 heteroatoms. The number of nitrogens with zero attached hydrogens (tertiary/aromatic N) is 1. The van der Waals surface area contributed by atoms with Crippen LogP contribution in [0.2, 0.25) is 5.02 Å². The largest absolute Gasteiger partial charge is 0.493 e. The molecule has 0 aliphatic rings. The van der Waals surface area contributed by atoms with E-state index in [9.17, 15) is 17.2 Å². The van der Waals surface area contributed by atoms with Crippen molar-refractivity contribution < 1.29 is 31.4 Å². The molecular formula is C24H24ClF2NO5S. The van der Waals surface area contributed by atoms with Crippen LogP contribution in [0.1, 0.15) is 11.1 Å². The number of sulfonamides is 1. The van der Waals surface area contributed by atoms with Crippen LogP contribution in [0.4, 0.5) is 14.5 Å². The van der Waals surface area contributed by atoms with Crippen molar-refractivity contribution in [3.8, 4) is 11.5 Å². The van der Waals surface area contributed by atoms with Gasteiger partial charge in [0, 0.05) is 30.2 Å². The fraction of sp³-hybridized carbons (Fsp3) is 0.250. The van der Waals surface area contributed by atoms with Crippen LogP contribution in [-0.4, -0.2) is 42.9 Å². The highest BCUT2D eigenvalue weighted by Gasteiger charge is 2.28. The fourth-order valence-electron chi connectivity index (χ4n) is 3.48. The first-order valence-electron chi connectivity index (χ1n) is 10.2. The van der Waals surface area contributed by atoms with Gasteiger partial charge in [0.2, 0.25) is 0 Å². The summed E-state index contributed by atoms with van der Waals surface area (Å²) < 4.78 is 72.9. The molecule has 0 amide bonds. The third-order valence-corrected chi connectivity index (χ3v) is 7.22. The fourth-order valence-corrected chi connectivity index (χ4v) is 5.18. The molecule has 0 aliphatic carbocycles. The molecule has 34 heavy (non-hydrogen) atoms. The van der Waals surface area contributed by atoms with Gasteiger partial charge < -0.3 is 14.2 Å². The van der Waals surface area contributed by atoms with Crippen LogP contribution < -0.4 is 13.8 Å². The Morgan fingerprint density at radius 2 is 1.59 bits per heavy atom. The van der Waals surface area contributed by atoms with Gasteiger partial charge in [0.15, 0.2) is 11.5 Å². The third kappa shape index (κ3) is 5.43. The van der Waals surface area contributed by atoms with E-state index in [4.69, 9.17) is 25.8 Å². The molecule has 0 heterocycles. The number of anilines is 1. The highest BCUT2D eigenvalue weighted by atomic mass is 35.5. The van der Waals surface area contributed by atoms with Gasteiger partial charge in [-0.25, -0.2) is 17.2 Å². The van der Waals surface area contributed by atoms with E-state index in [0.29, 0.717) is 16.3 Å². The Morgan fingerprint density at radius 1 is 0.912 bits per heavy atom. The van der Waals surface area contributed by atoms with E-state index in [0.717, 1.165) is 16.4 Å². The second kappa shape index (κ2) is 11.0. The van der Waals surface area contributed by atoms with Crippen LogP contribution in [0.3, 0.4) is 0 Å². The predicted molar refractivity (Wildman–Crippen MR) is 127 cm³/mol. The van der Waals surface area contributed by atoms with E-state index in [1.165, 1.54) is 63.8 Å². The van der Waals surface area contributed by atoms with Crippen molar-refractivity contribution in [2.24, 2.45) is 0 Å². The van der Waals surface area contributed by atoms with Crippen molar-refractivity contribution in [2.45, 2.75) is 11.3 Å². The third-order valence-electron chi connectivity index (χ3n) is 5.18. The summed E-state index contributed by atoms with van der Waals surface area (Å²) in [6.07, 6.45) is -0.209. The molecule has 0 atom stereocenters. The van der Waals surface area contributed by atoms with Crippen LogP contribution in [0, 0.1) is 11.6 Å². The molecule has 6 nitrogen and oxygen atoms in total. The summed E-state index contributed by atoms with van der Waals surface area (Å²) in [5.41, 5.74) is 0.358. The van der Waals surface area contributed by atoms with E-state index < -0.39 is 21.7 Å². The Balaban J connectivity index is 2.15. The van der Waals surface area contributed by atoms with Gasteiger partial charge in [-0.05, 0) is 48.0 Å².